The summed E-state index contributed by atoms with van der Waals surface area (Å²) in [5.74, 6) is -1.14. The Morgan fingerprint density at radius 3 is 2.24 bits per heavy atom. The van der Waals surface area contributed by atoms with Crippen LogP contribution < -0.4 is 5.73 Å². The number of rotatable bonds is 4. The Hall–Kier alpha value is -1.14. The van der Waals surface area contributed by atoms with E-state index in [2.05, 4.69) is 0 Å². The Bertz CT molecular complexity index is 758. The van der Waals surface area contributed by atoms with Crippen LogP contribution in [-0.4, -0.2) is 8.42 Å². The molecule has 0 saturated heterocycles. The van der Waals surface area contributed by atoms with E-state index in [1.807, 2.05) is 0 Å². The lowest BCUT2D eigenvalue weighted by Gasteiger charge is -2.10. The van der Waals surface area contributed by atoms with E-state index in [0.29, 0.717) is 5.56 Å². The number of hydrogen-bond acceptors (Lipinski definition) is 3. The van der Waals surface area contributed by atoms with Crippen molar-refractivity contribution in [2.45, 2.75) is 17.2 Å². The second kappa shape index (κ2) is 6.32. The van der Waals surface area contributed by atoms with E-state index < -0.39 is 21.4 Å². The Morgan fingerprint density at radius 1 is 1.10 bits per heavy atom. The average molecular weight is 348 g/mol. The van der Waals surface area contributed by atoms with Gasteiger partial charge in [-0.05, 0) is 23.8 Å². The van der Waals surface area contributed by atoms with E-state index >= 15 is 0 Å². The fraction of sp³-hybridized carbons (Fsp3) is 0.143. The minimum Gasteiger partial charge on any atom is -0.326 e. The monoisotopic (exact) mass is 347 g/mol. The zero-order valence-corrected chi connectivity index (χ0v) is 13.1. The molecule has 3 nitrogen and oxygen atoms in total. The molecule has 0 aliphatic carbocycles. The van der Waals surface area contributed by atoms with Crippen molar-refractivity contribution in [3.63, 3.8) is 0 Å². The zero-order valence-electron chi connectivity index (χ0n) is 10.8. The molecule has 0 aliphatic heterocycles. The van der Waals surface area contributed by atoms with Gasteiger partial charge in [0, 0.05) is 12.1 Å². The van der Waals surface area contributed by atoms with Crippen LogP contribution >= 0.6 is 23.2 Å². The third-order valence-electron chi connectivity index (χ3n) is 2.93. The Morgan fingerprint density at radius 2 is 1.71 bits per heavy atom. The molecule has 0 bridgehead atoms. The predicted octanol–water partition coefficient (Wildman–Crippen LogP) is 3.57. The molecule has 21 heavy (non-hydrogen) atoms. The van der Waals surface area contributed by atoms with E-state index in [4.69, 9.17) is 28.9 Å². The molecule has 0 amide bonds. The van der Waals surface area contributed by atoms with Crippen molar-refractivity contribution in [3.05, 3.63) is 63.4 Å². The molecule has 0 saturated carbocycles. The summed E-state index contributed by atoms with van der Waals surface area (Å²) in [6.07, 6.45) is 0. The van der Waals surface area contributed by atoms with Gasteiger partial charge in [-0.15, -0.1) is 0 Å². The van der Waals surface area contributed by atoms with Crippen LogP contribution in [0.25, 0.3) is 0 Å². The predicted molar refractivity (Wildman–Crippen MR) is 81.6 cm³/mol. The van der Waals surface area contributed by atoms with Crippen LogP contribution in [0.2, 0.25) is 10.0 Å². The van der Waals surface area contributed by atoms with E-state index in [1.54, 1.807) is 12.1 Å². The molecular formula is C14H12Cl2FNO2S. The first-order valence-electron chi connectivity index (χ1n) is 5.99. The SMILES string of the molecule is NCc1ccc(CS(=O)(=O)c2c(Cl)cccc2Cl)c(F)c1. The van der Waals surface area contributed by atoms with Gasteiger partial charge in [-0.3, -0.25) is 0 Å². The Labute approximate surface area is 132 Å². The second-order valence-electron chi connectivity index (χ2n) is 4.44. The smallest absolute Gasteiger partial charge is 0.185 e. The number of sulfone groups is 1. The number of hydrogen-bond donors (Lipinski definition) is 1. The van der Waals surface area contributed by atoms with Gasteiger partial charge in [0.15, 0.2) is 9.84 Å². The highest BCUT2D eigenvalue weighted by atomic mass is 35.5. The summed E-state index contributed by atoms with van der Waals surface area (Å²) in [4.78, 5) is -0.185. The third-order valence-corrected chi connectivity index (χ3v) is 5.54. The molecule has 0 fully saturated rings. The van der Waals surface area contributed by atoms with Crippen LogP contribution in [0.3, 0.4) is 0 Å². The van der Waals surface area contributed by atoms with Gasteiger partial charge in [-0.2, -0.15) is 0 Å². The van der Waals surface area contributed by atoms with Gasteiger partial charge in [-0.25, -0.2) is 12.8 Å². The van der Waals surface area contributed by atoms with E-state index in [1.165, 1.54) is 24.3 Å². The maximum atomic E-state index is 13.9. The first-order valence-corrected chi connectivity index (χ1v) is 8.40. The lowest BCUT2D eigenvalue weighted by atomic mass is 10.1. The van der Waals surface area contributed by atoms with Crippen LogP contribution in [0.5, 0.6) is 0 Å². The molecule has 7 heteroatoms. The largest absolute Gasteiger partial charge is 0.326 e. The van der Waals surface area contributed by atoms with E-state index in [-0.39, 0.29) is 27.0 Å². The zero-order chi connectivity index (χ0) is 15.6. The summed E-state index contributed by atoms with van der Waals surface area (Å²) in [7, 11) is -3.85. The van der Waals surface area contributed by atoms with Crippen molar-refractivity contribution in [3.8, 4) is 0 Å². The van der Waals surface area contributed by atoms with Gasteiger partial charge in [0.2, 0.25) is 0 Å². The van der Waals surface area contributed by atoms with Crippen molar-refractivity contribution in [2.75, 3.05) is 0 Å². The Balaban J connectivity index is 2.43. The quantitative estimate of drug-likeness (QED) is 0.919. The summed E-state index contributed by atoms with van der Waals surface area (Å²) in [5.41, 5.74) is 6.04. The normalized spacial score (nSPS) is 11.6. The fourth-order valence-corrected chi connectivity index (χ4v) is 4.51. The number of nitrogens with two attached hydrogens (primary N) is 1. The van der Waals surface area contributed by atoms with Crippen LogP contribution in [0.15, 0.2) is 41.3 Å². The minimum atomic E-state index is -3.85. The maximum absolute atomic E-state index is 13.9. The molecule has 0 unspecified atom stereocenters. The maximum Gasteiger partial charge on any atom is 0.185 e. The van der Waals surface area contributed by atoms with Crippen LogP contribution in [0.1, 0.15) is 11.1 Å². The van der Waals surface area contributed by atoms with E-state index in [9.17, 15) is 12.8 Å². The van der Waals surface area contributed by atoms with Gasteiger partial charge < -0.3 is 5.73 Å². The summed E-state index contributed by atoms with van der Waals surface area (Å²) in [6.45, 7) is 0.181. The molecule has 0 spiro atoms. The topological polar surface area (TPSA) is 60.2 Å². The molecule has 0 radical (unpaired) electrons. The van der Waals surface area contributed by atoms with Gasteiger partial charge in [0.05, 0.1) is 15.8 Å². The fourth-order valence-electron chi connectivity index (χ4n) is 1.89. The molecule has 0 aliphatic rings. The summed E-state index contributed by atoms with van der Waals surface area (Å²) >= 11 is 11.8. The lowest BCUT2D eigenvalue weighted by Crippen LogP contribution is -2.08. The summed E-state index contributed by atoms with van der Waals surface area (Å²) in [6, 6.07) is 8.60. The molecule has 2 rings (SSSR count). The van der Waals surface area contributed by atoms with Gasteiger partial charge in [-0.1, -0.05) is 41.4 Å². The van der Waals surface area contributed by atoms with Gasteiger partial charge in [0.25, 0.3) is 0 Å². The van der Waals surface area contributed by atoms with Crippen LogP contribution in [0, 0.1) is 5.82 Å². The average Bonchev–Trinajstić information content (AvgIpc) is 2.40. The van der Waals surface area contributed by atoms with E-state index in [0.717, 1.165) is 0 Å². The highest BCUT2D eigenvalue weighted by Gasteiger charge is 2.23. The lowest BCUT2D eigenvalue weighted by molar-refractivity contribution is 0.586. The van der Waals surface area contributed by atoms with Crippen LogP contribution in [0.4, 0.5) is 4.39 Å². The molecule has 0 atom stereocenters. The number of benzene rings is 2. The molecule has 112 valence electrons. The van der Waals surface area contributed by atoms with Crippen LogP contribution in [-0.2, 0) is 22.1 Å². The highest BCUT2D eigenvalue weighted by molar-refractivity contribution is 7.90. The summed E-state index contributed by atoms with van der Waals surface area (Å²) < 4.78 is 38.7. The molecule has 0 heterocycles. The minimum absolute atomic E-state index is 0.0153. The van der Waals surface area contributed by atoms with Gasteiger partial charge in [0.1, 0.15) is 10.7 Å². The molecular weight excluding hydrogens is 336 g/mol. The third kappa shape index (κ3) is 3.55. The molecule has 0 aromatic heterocycles. The van der Waals surface area contributed by atoms with Crippen molar-refractivity contribution < 1.29 is 12.8 Å². The first kappa shape index (κ1) is 16.2. The number of halogens is 3. The van der Waals surface area contributed by atoms with Gasteiger partial charge >= 0.3 is 0 Å². The van der Waals surface area contributed by atoms with Crippen molar-refractivity contribution >= 4 is 33.0 Å². The molecule has 2 aromatic carbocycles. The van der Waals surface area contributed by atoms with Crippen molar-refractivity contribution in [1.82, 2.24) is 0 Å². The standard InChI is InChI=1S/C14H12Cl2FNO2S/c15-11-2-1-3-12(16)14(11)21(19,20)8-10-5-4-9(7-18)6-13(10)17/h1-6H,7-8,18H2. The Kier molecular flexibility index (Phi) is 4.88. The van der Waals surface area contributed by atoms with Crippen molar-refractivity contribution in [1.29, 1.82) is 0 Å². The summed E-state index contributed by atoms with van der Waals surface area (Å²) in [5, 5.41) is 0.0305. The van der Waals surface area contributed by atoms with Crippen molar-refractivity contribution in [2.24, 2.45) is 5.73 Å². The molecule has 2 aromatic rings. The highest BCUT2D eigenvalue weighted by Crippen LogP contribution is 2.31. The first-order chi connectivity index (χ1) is 9.85. The second-order valence-corrected chi connectivity index (χ2v) is 7.18. The molecule has 2 N–H and O–H groups in total.